The van der Waals surface area contributed by atoms with E-state index in [9.17, 15) is 9.90 Å². The highest BCUT2D eigenvalue weighted by Crippen LogP contribution is 2.24. The third kappa shape index (κ3) is 2.60. The van der Waals surface area contributed by atoms with Gasteiger partial charge in [0.25, 0.3) is 0 Å². The largest absolute Gasteiger partial charge is 0.507 e. The van der Waals surface area contributed by atoms with E-state index in [2.05, 4.69) is 4.99 Å². The van der Waals surface area contributed by atoms with Gasteiger partial charge >= 0.3 is 5.97 Å². The molecule has 0 bridgehead atoms. The zero-order valence-corrected chi connectivity index (χ0v) is 8.95. The van der Waals surface area contributed by atoms with Gasteiger partial charge in [0.2, 0.25) is 0 Å². The molecule has 1 aliphatic rings. The summed E-state index contributed by atoms with van der Waals surface area (Å²) in [5.74, 6) is -1.26. The van der Waals surface area contributed by atoms with Gasteiger partial charge in [-0.25, -0.2) is 4.79 Å². The minimum Gasteiger partial charge on any atom is -0.507 e. The number of hydrogen-bond acceptors (Lipinski definition) is 3. The van der Waals surface area contributed by atoms with Crippen molar-refractivity contribution in [2.75, 3.05) is 0 Å². The lowest BCUT2D eigenvalue weighted by Gasteiger charge is -2.01. The van der Waals surface area contributed by atoms with Crippen molar-refractivity contribution in [1.29, 1.82) is 0 Å². The number of carboxylic acids is 1. The number of nitrogens with zero attached hydrogens (tertiary/aromatic N) is 1. The molecule has 0 saturated heterocycles. The Balaban J connectivity index is 2.17. The van der Waals surface area contributed by atoms with E-state index >= 15 is 0 Å². The summed E-state index contributed by atoms with van der Waals surface area (Å²) in [5.41, 5.74) is 0.408. The first kappa shape index (κ1) is 11.1. The first-order chi connectivity index (χ1) is 8.16. The maximum atomic E-state index is 10.7. The molecule has 17 heavy (non-hydrogen) atoms. The highest BCUT2D eigenvalue weighted by Gasteiger charge is 2.09. The molecule has 1 aromatic rings. The Kier molecular flexibility index (Phi) is 3.05. The molecule has 0 unspecified atom stereocenters. The van der Waals surface area contributed by atoms with Crippen molar-refractivity contribution in [3.8, 4) is 5.75 Å². The Bertz CT molecular complexity index is 517. The minimum atomic E-state index is -1.15. The van der Waals surface area contributed by atoms with Crippen molar-refractivity contribution < 1.29 is 15.0 Å². The van der Waals surface area contributed by atoms with Gasteiger partial charge in [-0.15, -0.1) is 0 Å². The number of benzene rings is 1. The van der Waals surface area contributed by atoms with Gasteiger partial charge in [-0.2, -0.15) is 0 Å². The lowest BCUT2D eigenvalue weighted by molar-refractivity contribution is 0.0694. The number of hydrogen-bond donors (Lipinski definition) is 2. The van der Waals surface area contributed by atoms with Crippen molar-refractivity contribution >= 4 is 17.9 Å². The van der Waals surface area contributed by atoms with Crippen LogP contribution in [0.4, 0.5) is 5.69 Å². The molecule has 1 aliphatic carbocycles. The molecule has 0 radical (unpaired) electrons. The van der Waals surface area contributed by atoms with Crippen LogP contribution in [0.2, 0.25) is 0 Å². The second kappa shape index (κ2) is 4.65. The Morgan fingerprint density at radius 1 is 1.29 bits per heavy atom. The number of carboxylic acid groups (broad SMARTS) is 1. The Morgan fingerprint density at radius 3 is 2.59 bits per heavy atom. The van der Waals surface area contributed by atoms with E-state index < -0.39 is 5.97 Å². The fourth-order valence-electron chi connectivity index (χ4n) is 1.50. The molecule has 0 amide bonds. The quantitative estimate of drug-likeness (QED) is 0.782. The fourth-order valence-corrected chi connectivity index (χ4v) is 1.50. The van der Waals surface area contributed by atoms with Crippen LogP contribution in [-0.2, 0) is 0 Å². The monoisotopic (exact) mass is 229 g/mol. The number of phenols is 1. The summed E-state index contributed by atoms with van der Waals surface area (Å²) in [6.07, 6.45) is 9.56. The van der Waals surface area contributed by atoms with E-state index in [0.717, 1.165) is 0 Å². The van der Waals surface area contributed by atoms with Gasteiger partial charge in [0, 0.05) is 18.2 Å². The summed E-state index contributed by atoms with van der Waals surface area (Å²) in [6.45, 7) is 0. The lowest BCUT2D eigenvalue weighted by Crippen LogP contribution is -1.95. The zero-order valence-electron chi connectivity index (χ0n) is 8.95. The van der Waals surface area contributed by atoms with E-state index in [1.54, 1.807) is 12.3 Å². The lowest BCUT2D eigenvalue weighted by atomic mass is 10.1. The SMILES string of the molecule is O=C(O)c1ccc(N=CC2C=CC=C2)cc1O. The van der Waals surface area contributed by atoms with Crippen molar-refractivity contribution in [1.82, 2.24) is 0 Å². The number of aromatic hydroxyl groups is 1. The van der Waals surface area contributed by atoms with E-state index in [1.165, 1.54) is 12.1 Å². The molecule has 0 aromatic heterocycles. The van der Waals surface area contributed by atoms with Crippen molar-refractivity contribution in [2.45, 2.75) is 0 Å². The summed E-state index contributed by atoms with van der Waals surface area (Å²) in [6, 6.07) is 4.23. The van der Waals surface area contributed by atoms with Crippen LogP contribution in [0.5, 0.6) is 5.75 Å². The van der Waals surface area contributed by atoms with Crippen LogP contribution in [0.25, 0.3) is 0 Å². The van der Waals surface area contributed by atoms with E-state index in [0.29, 0.717) is 5.69 Å². The number of rotatable bonds is 3. The predicted molar refractivity (Wildman–Crippen MR) is 65.0 cm³/mol. The third-order valence-corrected chi connectivity index (χ3v) is 2.39. The summed E-state index contributed by atoms with van der Waals surface area (Å²) in [5, 5.41) is 18.2. The second-order valence-corrected chi connectivity index (χ2v) is 3.63. The standard InChI is InChI=1S/C13H11NO3/c15-12-7-10(5-6-11(12)13(16)17)14-8-9-3-1-2-4-9/h1-9,15H,(H,16,17). The number of carbonyl (C=O) groups is 1. The van der Waals surface area contributed by atoms with E-state index in [-0.39, 0.29) is 17.2 Å². The predicted octanol–water partition coefficient (Wildman–Crippen LogP) is 2.53. The molecule has 86 valence electrons. The number of aliphatic imine (C=N–C) groups is 1. The molecule has 4 nitrogen and oxygen atoms in total. The smallest absolute Gasteiger partial charge is 0.339 e. The maximum absolute atomic E-state index is 10.7. The molecule has 0 heterocycles. The van der Waals surface area contributed by atoms with Gasteiger partial charge in [0.1, 0.15) is 11.3 Å². The Morgan fingerprint density at radius 2 is 2.00 bits per heavy atom. The molecule has 0 spiro atoms. The van der Waals surface area contributed by atoms with Crippen LogP contribution in [0.1, 0.15) is 10.4 Å². The Hall–Kier alpha value is -2.36. The van der Waals surface area contributed by atoms with Gasteiger partial charge < -0.3 is 10.2 Å². The van der Waals surface area contributed by atoms with Gasteiger partial charge in [0.05, 0.1) is 5.69 Å². The van der Waals surface area contributed by atoms with E-state index in [4.69, 9.17) is 5.11 Å². The maximum Gasteiger partial charge on any atom is 0.339 e. The highest BCUT2D eigenvalue weighted by atomic mass is 16.4. The molecule has 0 fully saturated rings. The van der Waals surface area contributed by atoms with Crippen LogP contribution in [0.3, 0.4) is 0 Å². The molecular weight excluding hydrogens is 218 g/mol. The minimum absolute atomic E-state index is 0.121. The fraction of sp³-hybridized carbons (Fsp3) is 0.0769. The summed E-state index contributed by atoms with van der Waals surface area (Å²) < 4.78 is 0. The summed E-state index contributed by atoms with van der Waals surface area (Å²) in [7, 11) is 0. The highest BCUT2D eigenvalue weighted by molar-refractivity contribution is 5.91. The number of allylic oxidation sites excluding steroid dienone is 4. The van der Waals surface area contributed by atoms with Gasteiger partial charge in [-0.05, 0) is 12.1 Å². The number of aromatic carboxylic acids is 1. The van der Waals surface area contributed by atoms with Crippen molar-refractivity contribution in [3.05, 3.63) is 48.1 Å². The molecule has 1 aromatic carbocycles. The van der Waals surface area contributed by atoms with Crippen molar-refractivity contribution in [2.24, 2.45) is 10.9 Å². The Labute approximate surface area is 98.2 Å². The first-order valence-electron chi connectivity index (χ1n) is 5.12. The summed E-state index contributed by atoms with van der Waals surface area (Å²) >= 11 is 0. The molecule has 0 aliphatic heterocycles. The van der Waals surface area contributed by atoms with Crippen molar-refractivity contribution in [3.63, 3.8) is 0 Å². The van der Waals surface area contributed by atoms with Gasteiger partial charge in [-0.3, -0.25) is 4.99 Å². The normalized spacial score (nSPS) is 14.8. The topological polar surface area (TPSA) is 69.9 Å². The van der Waals surface area contributed by atoms with Gasteiger partial charge in [0.15, 0.2) is 0 Å². The third-order valence-electron chi connectivity index (χ3n) is 2.39. The summed E-state index contributed by atoms with van der Waals surface area (Å²) in [4.78, 5) is 14.9. The van der Waals surface area contributed by atoms with Gasteiger partial charge in [-0.1, -0.05) is 24.3 Å². The van der Waals surface area contributed by atoms with Crippen LogP contribution < -0.4 is 0 Å². The molecule has 2 N–H and O–H groups in total. The van der Waals surface area contributed by atoms with E-state index in [1.807, 2.05) is 24.3 Å². The second-order valence-electron chi connectivity index (χ2n) is 3.63. The first-order valence-corrected chi connectivity index (χ1v) is 5.12. The van der Waals surface area contributed by atoms with Crippen LogP contribution in [0, 0.1) is 5.92 Å². The molecule has 0 atom stereocenters. The van der Waals surface area contributed by atoms with Crippen LogP contribution in [0.15, 0.2) is 47.5 Å². The molecule has 0 saturated carbocycles. The molecule has 4 heteroatoms. The van der Waals surface area contributed by atoms with Crippen LogP contribution in [-0.4, -0.2) is 22.4 Å². The average molecular weight is 229 g/mol. The zero-order chi connectivity index (χ0) is 12.3. The molecule has 2 rings (SSSR count). The average Bonchev–Trinajstić information content (AvgIpc) is 2.78. The molecular formula is C13H11NO3. The van der Waals surface area contributed by atoms with Crippen LogP contribution >= 0.6 is 0 Å².